The molecule has 0 fully saturated rings. The van der Waals surface area contributed by atoms with Crippen molar-refractivity contribution in [2.24, 2.45) is 7.05 Å². The number of benzene rings is 2. The second kappa shape index (κ2) is 8.72. The van der Waals surface area contributed by atoms with Crippen molar-refractivity contribution in [2.45, 2.75) is 32.6 Å². The van der Waals surface area contributed by atoms with Crippen molar-refractivity contribution < 1.29 is 13.2 Å². The molecular formula is C22H25ClN4O3S. The van der Waals surface area contributed by atoms with Gasteiger partial charge in [0, 0.05) is 17.8 Å². The Morgan fingerprint density at radius 3 is 2.32 bits per heavy atom. The molecule has 7 nitrogen and oxygen atoms in total. The van der Waals surface area contributed by atoms with Gasteiger partial charge in [0.1, 0.15) is 11.4 Å². The number of aryl methyl sites for hydroxylation is 4. The van der Waals surface area contributed by atoms with Gasteiger partial charge in [-0.05, 0) is 57.5 Å². The highest BCUT2D eigenvalue weighted by atomic mass is 35.5. The maximum Gasteiger partial charge on any atom is 0.268 e. The lowest BCUT2D eigenvalue weighted by Gasteiger charge is -2.24. The van der Waals surface area contributed by atoms with E-state index in [0.717, 1.165) is 15.4 Å². The third-order valence-corrected chi connectivity index (χ3v) is 7.34. The summed E-state index contributed by atoms with van der Waals surface area (Å²) in [5.41, 5.74) is 3.61. The maximum atomic E-state index is 13.7. The first-order chi connectivity index (χ1) is 14.5. The molecule has 1 N–H and O–H groups in total. The van der Waals surface area contributed by atoms with Crippen LogP contribution in [0.25, 0.3) is 0 Å². The molecule has 0 radical (unpaired) electrons. The fourth-order valence-corrected chi connectivity index (χ4v) is 5.31. The highest BCUT2D eigenvalue weighted by Crippen LogP contribution is 2.28. The summed E-state index contributed by atoms with van der Waals surface area (Å²) in [4.78, 5) is 13.0. The monoisotopic (exact) mass is 460 g/mol. The average molecular weight is 461 g/mol. The molecule has 0 unspecified atom stereocenters. The molecule has 164 valence electrons. The third-order valence-electron chi connectivity index (χ3n) is 5.07. The molecule has 0 aliphatic heterocycles. The van der Waals surface area contributed by atoms with Crippen molar-refractivity contribution in [1.82, 2.24) is 9.78 Å². The average Bonchev–Trinajstić information content (AvgIpc) is 2.95. The second-order valence-electron chi connectivity index (χ2n) is 7.48. The summed E-state index contributed by atoms with van der Waals surface area (Å²) < 4.78 is 29.9. The molecule has 0 bridgehead atoms. The van der Waals surface area contributed by atoms with Crippen LogP contribution in [0.2, 0.25) is 5.02 Å². The fraction of sp³-hybridized carbons (Fsp3) is 0.273. The van der Waals surface area contributed by atoms with E-state index in [1.165, 1.54) is 4.68 Å². The first kappa shape index (κ1) is 22.8. The summed E-state index contributed by atoms with van der Waals surface area (Å²) in [6.45, 7) is 6.68. The van der Waals surface area contributed by atoms with Crippen molar-refractivity contribution in [1.29, 1.82) is 0 Å². The molecule has 0 saturated carbocycles. The number of carbonyl (C=O) groups excluding carboxylic acids is 1. The van der Waals surface area contributed by atoms with Crippen LogP contribution in [0, 0.1) is 27.7 Å². The molecule has 0 aliphatic carbocycles. The first-order valence-corrected chi connectivity index (χ1v) is 11.5. The van der Waals surface area contributed by atoms with Gasteiger partial charge in [-0.15, -0.1) is 0 Å². The Labute approximate surface area is 187 Å². The molecule has 9 heteroatoms. The first-order valence-electron chi connectivity index (χ1n) is 9.66. The van der Waals surface area contributed by atoms with Crippen LogP contribution in [-0.4, -0.2) is 30.7 Å². The zero-order valence-corrected chi connectivity index (χ0v) is 19.7. The summed E-state index contributed by atoms with van der Waals surface area (Å²) in [6, 6.07) is 12.1. The number of anilines is 2. The predicted molar refractivity (Wildman–Crippen MR) is 123 cm³/mol. The second-order valence-corrected chi connectivity index (χ2v) is 9.71. The molecule has 0 aliphatic rings. The molecule has 0 atom stereocenters. The van der Waals surface area contributed by atoms with Crippen molar-refractivity contribution >= 4 is 38.9 Å². The zero-order valence-electron chi connectivity index (χ0n) is 18.1. The lowest BCUT2D eigenvalue weighted by atomic mass is 10.2. The van der Waals surface area contributed by atoms with Gasteiger partial charge in [0.15, 0.2) is 0 Å². The minimum Gasteiger partial charge on any atom is -0.324 e. The van der Waals surface area contributed by atoms with Crippen molar-refractivity contribution in [3.63, 3.8) is 0 Å². The van der Waals surface area contributed by atoms with Gasteiger partial charge in [0.05, 0.1) is 17.1 Å². The summed E-state index contributed by atoms with van der Waals surface area (Å²) in [5, 5.41) is 7.48. The summed E-state index contributed by atoms with van der Waals surface area (Å²) in [5.74, 6) is -0.478. The molecule has 3 rings (SSSR count). The van der Waals surface area contributed by atoms with Gasteiger partial charge >= 0.3 is 0 Å². The summed E-state index contributed by atoms with van der Waals surface area (Å²) in [6.07, 6.45) is 0. The molecule has 1 aromatic heterocycles. The Hall–Kier alpha value is -2.84. The smallest absolute Gasteiger partial charge is 0.268 e. The fourth-order valence-electron chi connectivity index (χ4n) is 3.31. The number of halogens is 1. The molecule has 3 aromatic rings. The van der Waals surface area contributed by atoms with Crippen LogP contribution >= 0.6 is 11.6 Å². The van der Waals surface area contributed by atoms with Crippen LogP contribution in [0.1, 0.15) is 22.5 Å². The number of carbonyl (C=O) groups is 1. The third kappa shape index (κ3) is 4.75. The Kier molecular flexibility index (Phi) is 6.43. The normalized spacial score (nSPS) is 11.4. The summed E-state index contributed by atoms with van der Waals surface area (Å²) >= 11 is 6.04. The molecule has 31 heavy (non-hydrogen) atoms. The zero-order chi connectivity index (χ0) is 22.9. The van der Waals surface area contributed by atoms with E-state index in [2.05, 4.69) is 10.4 Å². The van der Waals surface area contributed by atoms with Crippen molar-refractivity contribution in [3.8, 4) is 0 Å². The number of nitrogens with zero attached hydrogens (tertiary/aromatic N) is 3. The topological polar surface area (TPSA) is 84.3 Å². The van der Waals surface area contributed by atoms with Crippen molar-refractivity contribution in [2.75, 3.05) is 16.2 Å². The SMILES string of the molecule is Cc1ccc(N(CC(=O)Nc2cc(Cl)ccc2C)S(=O)(=O)c2c(C)nn(C)c2C)cc1. The number of sulfonamides is 1. The van der Waals surface area contributed by atoms with Gasteiger partial charge in [-0.1, -0.05) is 35.4 Å². The number of nitrogens with one attached hydrogen (secondary N) is 1. The van der Waals surface area contributed by atoms with E-state index < -0.39 is 22.5 Å². The number of hydrogen-bond acceptors (Lipinski definition) is 4. The van der Waals surface area contributed by atoms with Gasteiger partial charge in [-0.25, -0.2) is 8.42 Å². The lowest BCUT2D eigenvalue weighted by Crippen LogP contribution is -2.38. The van der Waals surface area contributed by atoms with Gasteiger partial charge in [0.2, 0.25) is 5.91 Å². The van der Waals surface area contributed by atoms with E-state index in [1.54, 1.807) is 63.4 Å². The van der Waals surface area contributed by atoms with E-state index in [9.17, 15) is 13.2 Å². The van der Waals surface area contributed by atoms with E-state index in [-0.39, 0.29) is 4.90 Å². The minimum atomic E-state index is -4.05. The van der Waals surface area contributed by atoms with Crippen LogP contribution in [0.4, 0.5) is 11.4 Å². The number of aromatic nitrogens is 2. The Bertz CT molecular complexity index is 1230. The maximum absolute atomic E-state index is 13.7. The van der Waals surface area contributed by atoms with Crippen LogP contribution < -0.4 is 9.62 Å². The Morgan fingerprint density at radius 2 is 1.74 bits per heavy atom. The van der Waals surface area contributed by atoms with Crippen LogP contribution in [0.15, 0.2) is 47.4 Å². The van der Waals surface area contributed by atoms with Gasteiger partial charge < -0.3 is 5.32 Å². The molecule has 1 heterocycles. The van der Waals surface area contributed by atoms with E-state index in [0.29, 0.717) is 27.8 Å². The Balaban J connectivity index is 2.02. The largest absolute Gasteiger partial charge is 0.324 e. The van der Waals surface area contributed by atoms with E-state index in [1.807, 2.05) is 13.8 Å². The van der Waals surface area contributed by atoms with E-state index >= 15 is 0 Å². The number of hydrogen-bond donors (Lipinski definition) is 1. The van der Waals surface area contributed by atoms with Crippen LogP contribution in [-0.2, 0) is 21.9 Å². The highest BCUT2D eigenvalue weighted by Gasteiger charge is 2.32. The quantitative estimate of drug-likeness (QED) is 0.599. The van der Waals surface area contributed by atoms with Gasteiger partial charge in [-0.3, -0.25) is 13.8 Å². The number of amides is 1. The molecule has 2 aromatic carbocycles. The minimum absolute atomic E-state index is 0.0994. The van der Waals surface area contributed by atoms with Crippen LogP contribution in [0.5, 0.6) is 0 Å². The standard InChI is InChI=1S/C22H25ClN4O3S/c1-14-6-10-19(11-7-14)27(31(29,30)22-16(3)25-26(5)17(22)4)13-21(28)24-20-12-18(23)9-8-15(20)2/h6-12H,13H2,1-5H3,(H,24,28). The molecule has 0 spiro atoms. The molecule has 1 amide bonds. The van der Waals surface area contributed by atoms with Crippen molar-refractivity contribution in [3.05, 3.63) is 70.0 Å². The predicted octanol–water partition coefficient (Wildman–Crippen LogP) is 4.14. The van der Waals surface area contributed by atoms with Gasteiger partial charge in [-0.2, -0.15) is 5.10 Å². The molecular weight excluding hydrogens is 436 g/mol. The lowest BCUT2D eigenvalue weighted by molar-refractivity contribution is -0.114. The van der Waals surface area contributed by atoms with Crippen LogP contribution in [0.3, 0.4) is 0 Å². The highest BCUT2D eigenvalue weighted by molar-refractivity contribution is 7.93. The molecule has 0 saturated heterocycles. The van der Waals surface area contributed by atoms with E-state index in [4.69, 9.17) is 11.6 Å². The van der Waals surface area contributed by atoms with Gasteiger partial charge in [0.25, 0.3) is 10.0 Å². The number of rotatable bonds is 6. The summed E-state index contributed by atoms with van der Waals surface area (Å²) in [7, 11) is -2.36. The Morgan fingerprint density at radius 1 is 1.10 bits per heavy atom.